The molecule has 3 rings (SSSR count). The number of hydrogen-bond donors (Lipinski definition) is 1. The van der Waals surface area contributed by atoms with Gasteiger partial charge in [0.05, 0.1) is 11.9 Å². The third-order valence-corrected chi connectivity index (χ3v) is 8.72. The smallest absolute Gasteiger partial charge is 0.244 e. The van der Waals surface area contributed by atoms with Gasteiger partial charge in [0.1, 0.15) is 12.6 Å². The molecule has 1 N–H and O–H groups in total. The molecule has 42 heavy (non-hydrogen) atoms. The average molecular weight is 633 g/mol. The van der Waals surface area contributed by atoms with Crippen molar-refractivity contribution in [1.82, 2.24) is 10.2 Å². The van der Waals surface area contributed by atoms with E-state index in [1.54, 1.807) is 30.3 Å². The topological polar surface area (TPSA) is 86.8 Å². The summed E-state index contributed by atoms with van der Waals surface area (Å²) in [6.07, 6.45) is 1.27. The SMILES string of the molecule is CC(C)CNC(=O)[C@H](Cc1ccccc1)N(Cc1c(Cl)cccc1Cl)C(=O)CN(c1ccc(C(C)C)cc1)S(C)(=O)=O. The molecule has 0 aliphatic heterocycles. The van der Waals surface area contributed by atoms with Crippen LogP contribution in [0.1, 0.15) is 50.3 Å². The van der Waals surface area contributed by atoms with Gasteiger partial charge in [-0.05, 0) is 47.2 Å². The van der Waals surface area contributed by atoms with Crippen molar-refractivity contribution in [3.05, 3.63) is 99.5 Å². The second-order valence-corrected chi connectivity index (χ2v) is 13.8. The van der Waals surface area contributed by atoms with Crippen LogP contribution >= 0.6 is 23.2 Å². The van der Waals surface area contributed by atoms with Crippen LogP contribution in [0.15, 0.2) is 72.8 Å². The second-order valence-electron chi connectivity index (χ2n) is 11.1. The van der Waals surface area contributed by atoms with E-state index in [1.165, 1.54) is 4.90 Å². The molecular weight excluding hydrogens is 593 g/mol. The summed E-state index contributed by atoms with van der Waals surface area (Å²) in [4.78, 5) is 29.3. The molecule has 2 amide bonds. The first-order valence-electron chi connectivity index (χ1n) is 13.9. The average Bonchev–Trinajstić information content (AvgIpc) is 2.93. The van der Waals surface area contributed by atoms with E-state index in [4.69, 9.17) is 23.2 Å². The Bertz CT molecular complexity index is 1440. The first-order valence-corrected chi connectivity index (χ1v) is 16.5. The molecule has 0 saturated heterocycles. The van der Waals surface area contributed by atoms with E-state index < -0.39 is 28.5 Å². The summed E-state index contributed by atoms with van der Waals surface area (Å²) in [6.45, 7) is 7.86. The zero-order valence-corrected chi connectivity index (χ0v) is 27.0. The number of anilines is 1. The highest BCUT2D eigenvalue weighted by Gasteiger charge is 2.33. The van der Waals surface area contributed by atoms with Crippen LogP contribution in [0.5, 0.6) is 0 Å². The van der Waals surface area contributed by atoms with Crippen molar-refractivity contribution in [3.8, 4) is 0 Å². The van der Waals surface area contributed by atoms with Gasteiger partial charge in [-0.25, -0.2) is 8.42 Å². The van der Waals surface area contributed by atoms with Gasteiger partial charge in [-0.15, -0.1) is 0 Å². The van der Waals surface area contributed by atoms with Gasteiger partial charge < -0.3 is 10.2 Å². The molecule has 0 bridgehead atoms. The molecule has 0 spiro atoms. The molecule has 0 radical (unpaired) electrons. The molecule has 226 valence electrons. The van der Waals surface area contributed by atoms with E-state index in [1.807, 2.05) is 70.2 Å². The molecule has 0 aliphatic carbocycles. The van der Waals surface area contributed by atoms with Crippen molar-refractivity contribution in [3.63, 3.8) is 0 Å². The summed E-state index contributed by atoms with van der Waals surface area (Å²) < 4.78 is 27.0. The van der Waals surface area contributed by atoms with E-state index in [0.717, 1.165) is 21.7 Å². The Morgan fingerprint density at radius 3 is 1.98 bits per heavy atom. The highest BCUT2D eigenvalue weighted by molar-refractivity contribution is 7.92. The van der Waals surface area contributed by atoms with Crippen LogP contribution in [-0.2, 0) is 32.6 Å². The van der Waals surface area contributed by atoms with E-state index in [0.29, 0.717) is 27.8 Å². The molecule has 0 unspecified atom stereocenters. The first-order chi connectivity index (χ1) is 19.8. The zero-order valence-electron chi connectivity index (χ0n) is 24.7. The minimum Gasteiger partial charge on any atom is -0.354 e. The molecule has 1 atom stereocenters. The van der Waals surface area contributed by atoms with Crippen LogP contribution in [0.2, 0.25) is 10.0 Å². The van der Waals surface area contributed by atoms with Crippen molar-refractivity contribution >= 4 is 50.7 Å². The normalized spacial score (nSPS) is 12.3. The molecule has 10 heteroatoms. The number of halogens is 2. The van der Waals surface area contributed by atoms with Gasteiger partial charge in [0.15, 0.2) is 0 Å². The summed E-state index contributed by atoms with van der Waals surface area (Å²) in [5.41, 5.74) is 2.71. The number of nitrogens with one attached hydrogen (secondary N) is 1. The van der Waals surface area contributed by atoms with Crippen LogP contribution in [0.3, 0.4) is 0 Å². The minimum atomic E-state index is -3.86. The fourth-order valence-electron chi connectivity index (χ4n) is 4.47. The summed E-state index contributed by atoms with van der Waals surface area (Å²) in [6, 6.07) is 20.5. The minimum absolute atomic E-state index is 0.0895. The number of carbonyl (C=O) groups excluding carboxylic acids is 2. The van der Waals surface area contributed by atoms with Crippen molar-refractivity contribution in [2.45, 2.75) is 52.6 Å². The summed E-state index contributed by atoms with van der Waals surface area (Å²) in [5.74, 6) is -0.476. The van der Waals surface area contributed by atoms with Crippen LogP contribution in [-0.4, -0.2) is 50.5 Å². The molecule has 3 aromatic rings. The molecule has 0 fully saturated rings. The van der Waals surface area contributed by atoms with Gasteiger partial charge >= 0.3 is 0 Å². The highest BCUT2D eigenvalue weighted by Crippen LogP contribution is 2.28. The first kappa shape index (κ1) is 33.4. The monoisotopic (exact) mass is 631 g/mol. The van der Waals surface area contributed by atoms with E-state index in [-0.39, 0.29) is 30.7 Å². The van der Waals surface area contributed by atoms with E-state index in [2.05, 4.69) is 5.32 Å². The molecule has 7 nitrogen and oxygen atoms in total. The quantitative estimate of drug-likeness (QED) is 0.240. The molecule has 0 heterocycles. The van der Waals surface area contributed by atoms with Crippen molar-refractivity contribution in [2.75, 3.05) is 23.7 Å². The third kappa shape index (κ3) is 9.21. The molecule has 0 aliphatic rings. The standard InChI is InChI=1S/C32H39Cl2N3O4S/c1-22(2)19-35-32(39)30(18-24-10-7-6-8-11-24)36(20-27-28(33)12-9-13-29(27)34)31(38)21-37(42(5,40)41)26-16-14-25(15-17-26)23(3)4/h6-17,22-23,30H,18-21H2,1-5H3,(H,35,39)/t30-/m0/s1. The van der Waals surface area contributed by atoms with E-state index in [9.17, 15) is 18.0 Å². The lowest BCUT2D eigenvalue weighted by atomic mass is 10.0. The lowest BCUT2D eigenvalue weighted by Crippen LogP contribution is -2.53. The van der Waals surface area contributed by atoms with Gasteiger partial charge in [0, 0.05) is 35.1 Å². The Morgan fingerprint density at radius 1 is 0.857 bits per heavy atom. The summed E-state index contributed by atoms with van der Waals surface area (Å²) in [7, 11) is -3.86. The number of hydrogen-bond acceptors (Lipinski definition) is 4. The summed E-state index contributed by atoms with van der Waals surface area (Å²) >= 11 is 13.0. The maximum absolute atomic E-state index is 14.2. The number of benzene rings is 3. The van der Waals surface area contributed by atoms with Gasteiger partial charge in [-0.2, -0.15) is 0 Å². The number of nitrogens with zero attached hydrogens (tertiary/aromatic N) is 2. The maximum Gasteiger partial charge on any atom is 0.244 e. The Morgan fingerprint density at radius 2 is 1.45 bits per heavy atom. The summed E-state index contributed by atoms with van der Waals surface area (Å²) in [5, 5.41) is 3.63. The number of sulfonamides is 1. The zero-order chi connectivity index (χ0) is 31.0. The fraction of sp³-hybridized carbons (Fsp3) is 0.375. The molecular formula is C32H39Cl2N3O4S. The highest BCUT2D eigenvalue weighted by atomic mass is 35.5. The number of amides is 2. The van der Waals surface area contributed by atoms with Crippen LogP contribution in [0.25, 0.3) is 0 Å². The van der Waals surface area contributed by atoms with Crippen molar-refractivity contribution < 1.29 is 18.0 Å². The Kier molecular flexibility index (Phi) is 11.9. The van der Waals surface area contributed by atoms with Gasteiger partial charge in [0.2, 0.25) is 21.8 Å². The van der Waals surface area contributed by atoms with Crippen LogP contribution in [0.4, 0.5) is 5.69 Å². The van der Waals surface area contributed by atoms with Gasteiger partial charge in [-0.3, -0.25) is 13.9 Å². The van der Waals surface area contributed by atoms with E-state index >= 15 is 0 Å². The lowest BCUT2D eigenvalue weighted by Gasteiger charge is -2.34. The molecule has 3 aromatic carbocycles. The largest absolute Gasteiger partial charge is 0.354 e. The van der Waals surface area contributed by atoms with Crippen LogP contribution in [0, 0.1) is 5.92 Å². The fourth-order valence-corrected chi connectivity index (χ4v) is 5.84. The lowest BCUT2D eigenvalue weighted by molar-refractivity contribution is -0.140. The number of carbonyl (C=O) groups is 2. The Hall–Kier alpha value is -3.07. The van der Waals surface area contributed by atoms with Crippen LogP contribution < -0.4 is 9.62 Å². The predicted octanol–water partition coefficient (Wildman–Crippen LogP) is 6.30. The third-order valence-electron chi connectivity index (χ3n) is 6.87. The second kappa shape index (κ2) is 14.9. The molecule has 0 aromatic heterocycles. The van der Waals surface area contributed by atoms with Gasteiger partial charge in [-0.1, -0.05) is 99.4 Å². The van der Waals surface area contributed by atoms with Gasteiger partial charge in [0.25, 0.3) is 0 Å². The molecule has 0 saturated carbocycles. The Balaban J connectivity index is 2.08. The van der Waals surface area contributed by atoms with Crippen molar-refractivity contribution in [1.29, 1.82) is 0 Å². The predicted molar refractivity (Wildman–Crippen MR) is 172 cm³/mol. The maximum atomic E-state index is 14.2. The number of rotatable bonds is 13. The van der Waals surface area contributed by atoms with Crippen molar-refractivity contribution in [2.24, 2.45) is 5.92 Å². The Labute approximate surface area is 259 Å².